The molecule has 0 radical (unpaired) electrons. The minimum atomic E-state index is 0.215. The van der Waals surface area contributed by atoms with E-state index in [0.717, 1.165) is 28.1 Å². The van der Waals surface area contributed by atoms with Gasteiger partial charge in [-0.3, -0.25) is 0 Å². The van der Waals surface area contributed by atoms with Crippen LogP contribution < -0.4 is 5.32 Å². The van der Waals surface area contributed by atoms with Crippen molar-refractivity contribution < 1.29 is 0 Å². The smallest absolute Gasteiger partial charge is 0.103 e. The Morgan fingerprint density at radius 2 is 2.05 bits per heavy atom. The highest BCUT2D eigenvalue weighted by molar-refractivity contribution is 9.10. The van der Waals surface area contributed by atoms with Gasteiger partial charge in [0.05, 0.1) is 17.4 Å². The van der Waals surface area contributed by atoms with Crippen LogP contribution in [0.5, 0.6) is 0 Å². The number of rotatable bonds is 4. The average Bonchev–Trinajstić information content (AvgIpc) is 2.70. The van der Waals surface area contributed by atoms with E-state index in [1.807, 2.05) is 4.68 Å². The average molecular weight is 323 g/mol. The Bertz CT molecular complexity index is 557. The van der Waals surface area contributed by atoms with Gasteiger partial charge in [-0.25, -0.2) is 4.68 Å². The molecule has 2 aromatic rings. The van der Waals surface area contributed by atoms with Crippen molar-refractivity contribution >= 4 is 15.9 Å². The quantitative estimate of drug-likeness (QED) is 0.939. The van der Waals surface area contributed by atoms with Crippen LogP contribution >= 0.6 is 15.9 Å². The molecule has 2 rings (SSSR count). The lowest BCUT2D eigenvalue weighted by Crippen LogP contribution is -2.19. The van der Waals surface area contributed by atoms with Gasteiger partial charge in [-0.2, -0.15) is 0 Å². The molecular formula is C14H19BrN4. The van der Waals surface area contributed by atoms with Gasteiger partial charge in [-0.15, -0.1) is 5.10 Å². The Morgan fingerprint density at radius 1 is 1.32 bits per heavy atom. The number of benzene rings is 1. The van der Waals surface area contributed by atoms with E-state index in [0.29, 0.717) is 0 Å². The summed E-state index contributed by atoms with van der Waals surface area (Å²) in [7, 11) is 0. The second-order valence-electron chi connectivity index (χ2n) is 4.74. The van der Waals surface area contributed by atoms with Gasteiger partial charge in [-0.1, -0.05) is 28.1 Å². The molecule has 0 aliphatic heterocycles. The van der Waals surface area contributed by atoms with E-state index in [1.54, 1.807) is 0 Å². The summed E-state index contributed by atoms with van der Waals surface area (Å²) in [6.45, 7) is 9.25. The van der Waals surface area contributed by atoms with Crippen molar-refractivity contribution in [3.8, 4) is 5.69 Å². The van der Waals surface area contributed by atoms with E-state index in [4.69, 9.17) is 0 Å². The van der Waals surface area contributed by atoms with E-state index in [1.165, 1.54) is 5.56 Å². The van der Waals surface area contributed by atoms with E-state index >= 15 is 0 Å². The maximum absolute atomic E-state index is 4.31. The first-order chi connectivity index (χ1) is 9.02. The molecule has 0 aliphatic rings. The molecule has 0 fully saturated rings. The molecule has 1 heterocycles. The number of hydrogen-bond donors (Lipinski definition) is 1. The summed E-state index contributed by atoms with van der Waals surface area (Å²) in [5.41, 5.74) is 4.30. The topological polar surface area (TPSA) is 42.7 Å². The SMILES string of the molecule is CCNC(C)c1nnn(-c2cc(C)cc(Br)c2)c1C. The van der Waals surface area contributed by atoms with Gasteiger partial charge in [0, 0.05) is 4.47 Å². The molecule has 1 aromatic heterocycles. The van der Waals surface area contributed by atoms with Gasteiger partial charge in [0.2, 0.25) is 0 Å². The predicted molar refractivity (Wildman–Crippen MR) is 80.6 cm³/mol. The lowest BCUT2D eigenvalue weighted by Gasteiger charge is -2.10. The highest BCUT2D eigenvalue weighted by atomic mass is 79.9. The summed E-state index contributed by atoms with van der Waals surface area (Å²) < 4.78 is 2.94. The summed E-state index contributed by atoms with van der Waals surface area (Å²) in [5, 5.41) is 11.9. The van der Waals surface area contributed by atoms with Crippen LogP contribution in [0.2, 0.25) is 0 Å². The Kier molecular flexibility index (Phi) is 4.37. The van der Waals surface area contributed by atoms with Gasteiger partial charge >= 0.3 is 0 Å². The molecule has 1 N–H and O–H groups in total. The van der Waals surface area contributed by atoms with Crippen LogP contribution in [-0.2, 0) is 0 Å². The largest absolute Gasteiger partial charge is 0.309 e. The maximum Gasteiger partial charge on any atom is 0.103 e. The molecule has 0 spiro atoms. The first-order valence-electron chi connectivity index (χ1n) is 6.46. The van der Waals surface area contributed by atoms with Crippen LogP contribution in [0, 0.1) is 13.8 Å². The lowest BCUT2D eigenvalue weighted by atomic mass is 10.2. The highest BCUT2D eigenvalue weighted by Crippen LogP contribution is 2.21. The second-order valence-corrected chi connectivity index (χ2v) is 5.65. The van der Waals surface area contributed by atoms with E-state index in [2.05, 4.69) is 77.5 Å². The van der Waals surface area contributed by atoms with Crippen LogP contribution in [0.15, 0.2) is 22.7 Å². The Labute approximate surface area is 122 Å². The van der Waals surface area contributed by atoms with Gasteiger partial charge in [0.15, 0.2) is 0 Å². The van der Waals surface area contributed by atoms with Crippen molar-refractivity contribution in [3.63, 3.8) is 0 Å². The fraction of sp³-hybridized carbons (Fsp3) is 0.429. The predicted octanol–water partition coefficient (Wildman–Crippen LogP) is 3.32. The second kappa shape index (κ2) is 5.84. The van der Waals surface area contributed by atoms with Crippen LogP contribution in [0.4, 0.5) is 0 Å². The normalized spacial score (nSPS) is 12.7. The van der Waals surface area contributed by atoms with Crippen LogP contribution in [-0.4, -0.2) is 21.5 Å². The third-order valence-corrected chi connectivity index (χ3v) is 3.58. The fourth-order valence-corrected chi connectivity index (χ4v) is 2.82. The summed E-state index contributed by atoms with van der Waals surface area (Å²) in [4.78, 5) is 0. The first kappa shape index (κ1) is 14.2. The minimum absolute atomic E-state index is 0.215. The molecule has 0 saturated carbocycles. The first-order valence-corrected chi connectivity index (χ1v) is 7.25. The summed E-state index contributed by atoms with van der Waals surface area (Å²) in [6.07, 6.45) is 0. The molecule has 0 saturated heterocycles. The van der Waals surface area contributed by atoms with Crippen LogP contribution in [0.1, 0.15) is 36.8 Å². The molecule has 0 bridgehead atoms. The van der Waals surface area contributed by atoms with Gasteiger partial charge < -0.3 is 5.32 Å². The van der Waals surface area contributed by atoms with Gasteiger partial charge in [0.25, 0.3) is 0 Å². The zero-order valence-electron chi connectivity index (χ0n) is 11.7. The Hall–Kier alpha value is -1.20. The number of nitrogens with one attached hydrogen (secondary N) is 1. The standard InChI is InChI=1S/C14H19BrN4/c1-5-16-10(3)14-11(4)19(18-17-14)13-7-9(2)6-12(15)8-13/h6-8,10,16H,5H2,1-4H3. The molecule has 19 heavy (non-hydrogen) atoms. The maximum atomic E-state index is 4.31. The van der Waals surface area contributed by atoms with Crippen LogP contribution in [0.3, 0.4) is 0 Å². The molecule has 1 atom stereocenters. The third-order valence-electron chi connectivity index (χ3n) is 3.12. The molecule has 5 heteroatoms. The van der Waals surface area contributed by atoms with Crippen molar-refractivity contribution in [1.82, 2.24) is 20.3 Å². The monoisotopic (exact) mass is 322 g/mol. The summed E-state index contributed by atoms with van der Waals surface area (Å²) in [6, 6.07) is 6.45. The van der Waals surface area contributed by atoms with E-state index in [-0.39, 0.29) is 6.04 Å². The third kappa shape index (κ3) is 3.04. The Balaban J connectivity index is 2.41. The van der Waals surface area contributed by atoms with Crippen molar-refractivity contribution in [2.45, 2.75) is 33.7 Å². The number of hydrogen-bond acceptors (Lipinski definition) is 3. The molecule has 1 aromatic carbocycles. The lowest BCUT2D eigenvalue weighted by molar-refractivity contribution is 0.579. The molecule has 0 amide bonds. The highest BCUT2D eigenvalue weighted by Gasteiger charge is 2.15. The number of halogens is 1. The summed E-state index contributed by atoms with van der Waals surface area (Å²) in [5.74, 6) is 0. The minimum Gasteiger partial charge on any atom is -0.309 e. The van der Waals surface area contributed by atoms with Crippen LogP contribution in [0.25, 0.3) is 5.69 Å². The Morgan fingerprint density at radius 3 is 2.68 bits per heavy atom. The van der Waals surface area contributed by atoms with E-state index < -0.39 is 0 Å². The van der Waals surface area contributed by atoms with Gasteiger partial charge in [0.1, 0.15) is 5.69 Å². The number of aryl methyl sites for hydroxylation is 1. The molecule has 1 unspecified atom stereocenters. The zero-order chi connectivity index (χ0) is 14.0. The molecular weight excluding hydrogens is 304 g/mol. The van der Waals surface area contributed by atoms with Crippen molar-refractivity contribution in [1.29, 1.82) is 0 Å². The summed E-state index contributed by atoms with van der Waals surface area (Å²) >= 11 is 3.52. The number of aromatic nitrogens is 3. The zero-order valence-corrected chi connectivity index (χ0v) is 13.3. The fourth-order valence-electron chi connectivity index (χ4n) is 2.23. The van der Waals surface area contributed by atoms with Crippen molar-refractivity contribution in [3.05, 3.63) is 39.6 Å². The molecule has 102 valence electrons. The number of nitrogens with zero attached hydrogens (tertiary/aromatic N) is 3. The van der Waals surface area contributed by atoms with Gasteiger partial charge in [-0.05, 0) is 51.1 Å². The molecule has 0 aliphatic carbocycles. The van der Waals surface area contributed by atoms with Crippen molar-refractivity contribution in [2.24, 2.45) is 0 Å². The van der Waals surface area contributed by atoms with E-state index in [9.17, 15) is 0 Å². The molecule has 4 nitrogen and oxygen atoms in total. The van der Waals surface area contributed by atoms with Crippen molar-refractivity contribution in [2.75, 3.05) is 6.54 Å².